The van der Waals surface area contributed by atoms with Gasteiger partial charge in [-0.1, -0.05) is 147 Å². The van der Waals surface area contributed by atoms with Gasteiger partial charge >= 0.3 is 19.8 Å². The van der Waals surface area contributed by atoms with Crippen LogP contribution < -0.4 is 0 Å². The van der Waals surface area contributed by atoms with E-state index in [2.05, 4.69) is 38.2 Å². The molecule has 0 aliphatic carbocycles. The number of likely N-dealkylation sites (N-methyl/N-ethyl adjacent to an activating group) is 1. The van der Waals surface area contributed by atoms with Crippen LogP contribution in [0.15, 0.2) is 24.3 Å². The van der Waals surface area contributed by atoms with E-state index in [0.717, 1.165) is 51.4 Å². The Morgan fingerprint density at radius 2 is 1.04 bits per heavy atom. The van der Waals surface area contributed by atoms with E-state index in [1.807, 2.05) is 21.1 Å². The lowest BCUT2D eigenvalue weighted by atomic mass is 10.0. The van der Waals surface area contributed by atoms with E-state index >= 15 is 0 Å². The van der Waals surface area contributed by atoms with Gasteiger partial charge in [-0.2, -0.15) is 0 Å². The average molecular weight is 759 g/mol. The first-order chi connectivity index (χ1) is 25.0. The molecule has 0 saturated heterocycles. The van der Waals surface area contributed by atoms with Gasteiger partial charge in [-0.3, -0.25) is 18.6 Å². The Bertz CT molecular complexity index is 949. The number of unbranched alkanes of at least 4 members (excludes halogenated alkanes) is 20. The van der Waals surface area contributed by atoms with Crippen molar-refractivity contribution in [1.29, 1.82) is 0 Å². The molecule has 0 saturated carbocycles. The molecule has 0 radical (unpaired) electrons. The SMILES string of the molecule is CCCCCC/C=C\C/C=C\CCCCCCC(=O)O[C@H](COC(=O)CCCCCCCCCCCCCCC)COP(=O)(O)OCC[N+](C)(C)C. The van der Waals surface area contributed by atoms with E-state index in [4.69, 9.17) is 18.5 Å². The van der Waals surface area contributed by atoms with Crippen LogP contribution in [0.3, 0.4) is 0 Å². The fraction of sp³-hybridized carbons (Fsp3) is 0.857. The fourth-order valence-electron chi connectivity index (χ4n) is 5.63. The summed E-state index contributed by atoms with van der Waals surface area (Å²) in [6, 6.07) is 0. The van der Waals surface area contributed by atoms with Crippen LogP contribution in [0, 0.1) is 0 Å². The van der Waals surface area contributed by atoms with E-state index in [9.17, 15) is 19.0 Å². The molecule has 0 rings (SSSR count). The largest absolute Gasteiger partial charge is 0.472 e. The Labute approximate surface area is 319 Å². The van der Waals surface area contributed by atoms with Gasteiger partial charge in [0.2, 0.25) is 0 Å². The molecule has 1 N–H and O–H groups in total. The number of hydrogen-bond acceptors (Lipinski definition) is 7. The first-order valence-electron chi connectivity index (χ1n) is 21.1. The van der Waals surface area contributed by atoms with Crippen molar-refractivity contribution in [2.45, 2.75) is 187 Å². The minimum atomic E-state index is -4.37. The summed E-state index contributed by atoms with van der Waals surface area (Å²) < 4.78 is 34.2. The molecule has 0 aromatic rings. The van der Waals surface area contributed by atoms with Gasteiger partial charge in [-0.15, -0.1) is 0 Å². The number of esters is 2. The molecule has 0 aromatic carbocycles. The summed E-state index contributed by atoms with van der Waals surface area (Å²) >= 11 is 0. The molecular formula is C42H81NO8P+. The minimum absolute atomic E-state index is 0.0296. The van der Waals surface area contributed by atoms with Crippen molar-refractivity contribution in [2.24, 2.45) is 0 Å². The minimum Gasteiger partial charge on any atom is -0.462 e. The second kappa shape index (κ2) is 35.2. The molecule has 0 aliphatic rings. The third-order valence-corrected chi connectivity index (χ3v) is 9.97. The van der Waals surface area contributed by atoms with Crippen molar-refractivity contribution in [3.63, 3.8) is 0 Å². The fourth-order valence-corrected chi connectivity index (χ4v) is 6.37. The monoisotopic (exact) mass is 759 g/mol. The highest BCUT2D eigenvalue weighted by Gasteiger charge is 2.27. The van der Waals surface area contributed by atoms with Gasteiger partial charge in [0.25, 0.3) is 0 Å². The molecule has 0 aromatic heterocycles. The molecule has 2 atom stereocenters. The van der Waals surface area contributed by atoms with Crippen LogP contribution in [0.5, 0.6) is 0 Å². The van der Waals surface area contributed by atoms with E-state index < -0.39 is 26.5 Å². The van der Waals surface area contributed by atoms with Crippen molar-refractivity contribution in [1.82, 2.24) is 0 Å². The third-order valence-electron chi connectivity index (χ3n) is 8.98. The summed E-state index contributed by atoms with van der Waals surface area (Å²) in [6.45, 7) is 4.38. The number of carbonyl (C=O) groups is 2. The molecule has 0 aliphatic heterocycles. The zero-order valence-electron chi connectivity index (χ0n) is 34.3. The Hall–Kier alpha value is -1.51. The molecule has 306 valence electrons. The van der Waals surface area contributed by atoms with Crippen LogP contribution >= 0.6 is 7.82 Å². The van der Waals surface area contributed by atoms with Crippen LogP contribution in [0.1, 0.15) is 181 Å². The molecule has 0 spiro atoms. The number of phosphoric acid groups is 1. The lowest BCUT2D eigenvalue weighted by Gasteiger charge is -2.24. The highest BCUT2D eigenvalue weighted by atomic mass is 31.2. The second-order valence-corrected chi connectivity index (χ2v) is 16.8. The Morgan fingerprint density at radius 3 is 1.54 bits per heavy atom. The molecule has 0 bridgehead atoms. The van der Waals surface area contributed by atoms with Crippen molar-refractivity contribution in [3.05, 3.63) is 24.3 Å². The maximum absolute atomic E-state index is 12.6. The normalized spacial score (nSPS) is 13.9. The number of carbonyl (C=O) groups excluding carboxylic acids is 2. The maximum atomic E-state index is 12.6. The van der Waals surface area contributed by atoms with E-state index in [1.165, 1.54) is 96.3 Å². The van der Waals surface area contributed by atoms with Crippen LogP contribution in [0.4, 0.5) is 0 Å². The lowest BCUT2D eigenvalue weighted by molar-refractivity contribution is -0.870. The van der Waals surface area contributed by atoms with Crippen LogP contribution in [-0.4, -0.2) is 74.9 Å². The third kappa shape index (κ3) is 38.2. The van der Waals surface area contributed by atoms with Crippen molar-refractivity contribution in [2.75, 3.05) is 47.5 Å². The number of ether oxygens (including phenoxy) is 2. The Balaban J connectivity index is 4.42. The predicted molar refractivity (Wildman–Crippen MR) is 215 cm³/mol. The van der Waals surface area contributed by atoms with Crippen molar-refractivity contribution in [3.8, 4) is 0 Å². The number of nitrogens with zero attached hydrogens (tertiary/aromatic N) is 1. The summed E-state index contributed by atoms with van der Waals surface area (Å²) in [6.07, 6.45) is 36.5. The van der Waals surface area contributed by atoms with Crippen molar-refractivity contribution < 1.29 is 42.1 Å². The van der Waals surface area contributed by atoms with Gasteiger partial charge in [0.15, 0.2) is 6.10 Å². The number of hydrogen-bond donors (Lipinski definition) is 1. The predicted octanol–water partition coefficient (Wildman–Crippen LogP) is 11.6. The first kappa shape index (κ1) is 50.5. The number of quaternary nitrogens is 1. The van der Waals surface area contributed by atoms with Gasteiger partial charge < -0.3 is 18.9 Å². The van der Waals surface area contributed by atoms with Gasteiger partial charge in [-0.05, 0) is 44.9 Å². The van der Waals surface area contributed by atoms with Crippen LogP contribution in [0.25, 0.3) is 0 Å². The summed E-state index contributed by atoms with van der Waals surface area (Å²) in [5.74, 6) is -0.816. The zero-order valence-corrected chi connectivity index (χ0v) is 35.2. The van der Waals surface area contributed by atoms with Gasteiger partial charge in [-0.25, -0.2) is 4.57 Å². The maximum Gasteiger partial charge on any atom is 0.472 e. The highest BCUT2D eigenvalue weighted by molar-refractivity contribution is 7.47. The van der Waals surface area contributed by atoms with Crippen LogP contribution in [0.2, 0.25) is 0 Å². The molecule has 1 unspecified atom stereocenters. The molecule has 10 heteroatoms. The van der Waals surface area contributed by atoms with Gasteiger partial charge in [0.05, 0.1) is 27.7 Å². The summed E-state index contributed by atoms with van der Waals surface area (Å²) in [5.41, 5.74) is 0. The average Bonchev–Trinajstić information content (AvgIpc) is 3.09. The zero-order chi connectivity index (χ0) is 38.6. The number of rotatable bonds is 38. The highest BCUT2D eigenvalue weighted by Crippen LogP contribution is 2.43. The summed E-state index contributed by atoms with van der Waals surface area (Å²) in [7, 11) is 1.47. The standard InChI is InChI=1S/C42H80NO8P/c1-6-8-10-12-14-16-18-20-21-23-25-27-29-31-33-35-42(45)51-40(39-50-52(46,47)49-37-36-43(3,4)5)38-48-41(44)34-32-30-28-26-24-22-19-17-15-13-11-9-7-2/h16,18,21,23,40H,6-15,17,19-20,22,24-39H2,1-5H3/p+1/b18-16-,23-21-/t40-/m1/s1. The quantitative estimate of drug-likeness (QED) is 0.0218. The first-order valence-corrected chi connectivity index (χ1v) is 22.6. The molecule has 0 heterocycles. The molecule has 0 amide bonds. The number of phosphoric ester groups is 1. The topological polar surface area (TPSA) is 108 Å². The number of allylic oxidation sites excluding steroid dienone is 4. The van der Waals surface area contributed by atoms with Crippen LogP contribution in [-0.2, 0) is 32.7 Å². The van der Waals surface area contributed by atoms with E-state index in [-0.39, 0.29) is 32.0 Å². The molecule has 0 fully saturated rings. The summed E-state index contributed by atoms with van der Waals surface area (Å²) in [5, 5.41) is 0. The van der Waals surface area contributed by atoms with Gasteiger partial charge in [0.1, 0.15) is 19.8 Å². The van der Waals surface area contributed by atoms with E-state index in [0.29, 0.717) is 17.4 Å². The Kier molecular flexibility index (Phi) is 34.2. The lowest BCUT2D eigenvalue weighted by Crippen LogP contribution is -2.37. The smallest absolute Gasteiger partial charge is 0.462 e. The second-order valence-electron chi connectivity index (χ2n) is 15.4. The molecule has 52 heavy (non-hydrogen) atoms. The van der Waals surface area contributed by atoms with Gasteiger partial charge in [0, 0.05) is 12.8 Å². The molecule has 9 nitrogen and oxygen atoms in total. The summed E-state index contributed by atoms with van der Waals surface area (Å²) in [4.78, 5) is 35.3. The molecular weight excluding hydrogens is 677 g/mol. The van der Waals surface area contributed by atoms with Crippen molar-refractivity contribution >= 4 is 19.8 Å². The van der Waals surface area contributed by atoms with E-state index in [1.54, 1.807) is 0 Å². The Morgan fingerprint density at radius 1 is 0.596 bits per heavy atom.